The summed E-state index contributed by atoms with van der Waals surface area (Å²) in [5.74, 6) is 0. The quantitative estimate of drug-likeness (QED) is 0.757. The normalized spacial score (nSPS) is 11.0. The molecule has 0 spiro atoms. The van der Waals surface area contributed by atoms with Crippen molar-refractivity contribution in [3.63, 3.8) is 0 Å². The fraction of sp³-hybridized carbons (Fsp3) is 0.556. The Hall–Kier alpha value is -0.320. The van der Waals surface area contributed by atoms with Crippen LogP contribution in [0.25, 0.3) is 0 Å². The molecular formula is C9H14N2S2. The molecule has 1 N–H and O–H groups in total. The Labute approximate surface area is 89.3 Å². The monoisotopic (exact) mass is 214 g/mol. The van der Waals surface area contributed by atoms with Crippen LogP contribution < -0.4 is 5.32 Å². The van der Waals surface area contributed by atoms with Gasteiger partial charge in [-0.15, -0.1) is 0 Å². The third kappa shape index (κ3) is 2.83. The molecule has 72 valence electrons. The maximum atomic E-state index is 5.05. The first-order valence-electron chi connectivity index (χ1n) is 4.38. The minimum atomic E-state index is 0.807. The van der Waals surface area contributed by atoms with Gasteiger partial charge in [-0.25, -0.2) is 0 Å². The molecule has 1 aromatic rings. The van der Waals surface area contributed by atoms with Gasteiger partial charge in [0.15, 0.2) is 0 Å². The Morgan fingerprint density at radius 2 is 2.15 bits per heavy atom. The van der Waals surface area contributed by atoms with Gasteiger partial charge in [-0.05, 0) is 19.7 Å². The molecule has 0 heterocycles. The van der Waals surface area contributed by atoms with Crippen molar-refractivity contribution in [1.82, 2.24) is 4.90 Å². The number of rotatable bonds is 5. The smallest absolute Gasteiger partial charge is 0.0790 e. The Kier molecular flexibility index (Phi) is 3.96. The molecule has 13 heavy (non-hydrogen) atoms. The van der Waals surface area contributed by atoms with Crippen molar-refractivity contribution in [3.05, 3.63) is 15.1 Å². The van der Waals surface area contributed by atoms with E-state index in [-0.39, 0.29) is 0 Å². The van der Waals surface area contributed by atoms with Crippen molar-refractivity contribution in [2.24, 2.45) is 0 Å². The van der Waals surface area contributed by atoms with Crippen LogP contribution in [-0.2, 0) is 0 Å². The first kappa shape index (κ1) is 10.8. The highest BCUT2D eigenvalue weighted by atomic mass is 32.1. The molecule has 0 aliphatic carbocycles. The summed E-state index contributed by atoms with van der Waals surface area (Å²) in [6, 6.07) is 1.92. The lowest BCUT2D eigenvalue weighted by atomic mass is 10.3. The second kappa shape index (κ2) is 4.79. The van der Waals surface area contributed by atoms with E-state index in [0.29, 0.717) is 0 Å². The molecule has 0 amide bonds. The number of hydrogen-bond acceptors (Lipinski definition) is 4. The van der Waals surface area contributed by atoms with Gasteiger partial charge in [-0.3, -0.25) is 0 Å². The number of nitrogens with one attached hydrogen (secondary N) is 1. The first-order chi connectivity index (χ1) is 6.15. The highest BCUT2D eigenvalue weighted by Crippen LogP contribution is 2.16. The maximum Gasteiger partial charge on any atom is 0.0790 e. The Balaban J connectivity index is 2.26. The van der Waals surface area contributed by atoms with Gasteiger partial charge >= 0.3 is 0 Å². The summed E-state index contributed by atoms with van der Waals surface area (Å²) in [7, 11) is 2.10. The van der Waals surface area contributed by atoms with Crippen LogP contribution >= 0.6 is 24.4 Å². The summed E-state index contributed by atoms with van der Waals surface area (Å²) < 4.78 is 1.62. The summed E-state index contributed by atoms with van der Waals surface area (Å²) in [6.45, 7) is 5.17. The highest BCUT2D eigenvalue weighted by molar-refractivity contribution is 7.74. The van der Waals surface area contributed by atoms with Gasteiger partial charge in [-0.1, -0.05) is 31.4 Å². The summed E-state index contributed by atoms with van der Waals surface area (Å²) in [5, 5.41) is 3.26. The van der Waals surface area contributed by atoms with E-state index in [0.717, 1.165) is 34.3 Å². The van der Waals surface area contributed by atoms with Gasteiger partial charge in [0.1, 0.15) is 0 Å². The molecule has 0 bridgehead atoms. The predicted octanol–water partition coefficient (Wildman–Crippen LogP) is 2.38. The summed E-state index contributed by atoms with van der Waals surface area (Å²) >= 11 is 9.99. The van der Waals surface area contributed by atoms with Crippen LogP contribution in [0, 0.1) is 9.02 Å². The van der Waals surface area contributed by atoms with Crippen molar-refractivity contribution in [3.8, 4) is 0 Å². The van der Waals surface area contributed by atoms with Crippen molar-refractivity contribution in [2.75, 3.05) is 32.0 Å². The third-order valence-electron chi connectivity index (χ3n) is 2.09. The molecule has 0 saturated carbocycles. The number of nitrogens with zero attached hydrogens (tertiary/aromatic N) is 1. The zero-order chi connectivity index (χ0) is 9.84. The van der Waals surface area contributed by atoms with Crippen LogP contribution in [0.1, 0.15) is 6.92 Å². The molecule has 0 aliphatic rings. The van der Waals surface area contributed by atoms with Gasteiger partial charge in [0.2, 0.25) is 0 Å². The lowest BCUT2D eigenvalue weighted by Gasteiger charge is -2.15. The maximum absolute atomic E-state index is 5.05. The Morgan fingerprint density at radius 1 is 1.46 bits per heavy atom. The van der Waals surface area contributed by atoms with Gasteiger partial charge < -0.3 is 10.2 Å². The number of hydrogen-bond donors (Lipinski definition) is 1. The predicted molar refractivity (Wildman–Crippen MR) is 62.1 cm³/mol. The highest BCUT2D eigenvalue weighted by Gasteiger charge is 2.01. The van der Waals surface area contributed by atoms with E-state index in [9.17, 15) is 0 Å². The van der Waals surface area contributed by atoms with Gasteiger partial charge in [-0.2, -0.15) is 0 Å². The zero-order valence-corrected chi connectivity index (χ0v) is 9.60. The minimum absolute atomic E-state index is 0.807. The molecule has 1 rings (SSSR count). The topological polar surface area (TPSA) is 15.3 Å². The molecule has 0 unspecified atom stereocenters. The van der Waals surface area contributed by atoms with E-state index in [2.05, 4.69) is 24.2 Å². The fourth-order valence-corrected chi connectivity index (χ4v) is 1.41. The lowest BCUT2D eigenvalue weighted by molar-refractivity contribution is 0.367. The van der Waals surface area contributed by atoms with Crippen LogP contribution in [-0.4, -0.2) is 31.6 Å². The molecule has 0 fully saturated rings. The zero-order valence-electron chi connectivity index (χ0n) is 7.96. The standard InChI is InChI=1S/C9H14N2S2/c1-3-11(2)5-4-10-7-6-8(12)9(7)13/h6,10H,3-5H2,1-2H3. The Bertz CT molecular complexity index is 339. The molecule has 0 aromatic heterocycles. The van der Waals surface area contributed by atoms with Crippen molar-refractivity contribution in [1.29, 1.82) is 0 Å². The molecule has 1 aromatic carbocycles. The van der Waals surface area contributed by atoms with Gasteiger partial charge in [0.05, 0.1) is 14.7 Å². The van der Waals surface area contributed by atoms with E-state index >= 15 is 0 Å². The minimum Gasteiger partial charge on any atom is -0.383 e. The molecular weight excluding hydrogens is 200 g/mol. The van der Waals surface area contributed by atoms with Crippen molar-refractivity contribution in [2.45, 2.75) is 6.92 Å². The molecule has 0 saturated heterocycles. The summed E-state index contributed by atoms with van der Waals surface area (Å²) in [4.78, 5) is 2.24. The fourth-order valence-electron chi connectivity index (χ4n) is 0.988. The van der Waals surface area contributed by atoms with Crippen LogP contribution in [0.2, 0.25) is 0 Å². The third-order valence-corrected chi connectivity index (χ3v) is 2.98. The van der Waals surface area contributed by atoms with Crippen molar-refractivity contribution < 1.29 is 0 Å². The van der Waals surface area contributed by atoms with E-state index in [1.807, 2.05) is 6.07 Å². The molecule has 0 radical (unpaired) electrons. The second-order valence-electron chi connectivity index (χ2n) is 3.07. The van der Waals surface area contributed by atoms with E-state index in [4.69, 9.17) is 24.4 Å². The average Bonchev–Trinajstić information content (AvgIpc) is 2.15. The molecule has 0 aliphatic heterocycles. The second-order valence-corrected chi connectivity index (χ2v) is 3.92. The first-order valence-corrected chi connectivity index (χ1v) is 5.19. The van der Waals surface area contributed by atoms with E-state index < -0.39 is 0 Å². The SMILES string of the molecule is CCN(C)CCNc1cc(=S)c1=S. The number of anilines is 1. The van der Waals surface area contributed by atoms with Gasteiger partial charge in [0, 0.05) is 13.1 Å². The molecule has 0 atom stereocenters. The summed E-state index contributed by atoms with van der Waals surface area (Å²) in [6.07, 6.45) is 0. The largest absolute Gasteiger partial charge is 0.383 e. The van der Waals surface area contributed by atoms with Crippen molar-refractivity contribution >= 4 is 30.1 Å². The molecule has 4 heteroatoms. The van der Waals surface area contributed by atoms with Crippen LogP contribution in [0.5, 0.6) is 0 Å². The lowest BCUT2D eigenvalue weighted by Crippen LogP contribution is -2.25. The van der Waals surface area contributed by atoms with Crippen LogP contribution in [0.15, 0.2) is 6.07 Å². The summed E-state index contributed by atoms with van der Waals surface area (Å²) in [5.41, 5.74) is 1.03. The average molecular weight is 214 g/mol. The van der Waals surface area contributed by atoms with E-state index in [1.165, 1.54) is 0 Å². The number of likely N-dealkylation sites (N-methyl/N-ethyl adjacent to an activating group) is 1. The molecule has 2 nitrogen and oxygen atoms in total. The van der Waals surface area contributed by atoms with Gasteiger partial charge in [0.25, 0.3) is 0 Å². The van der Waals surface area contributed by atoms with Crippen LogP contribution in [0.3, 0.4) is 0 Å². The van der Waals surface area contributed by atoms with Crippen LogP contribution in [0.4, 0.5) is 5.69 Å². The van der Waals surface area contributed by atoms with E-state index in [1.54, 1.807) is 0 Å². The Morgan fingerprint density at radius 3 is 2.62 bits per heavy atom.